The lowest BCUT2D eigenvalue weighted by Crippen LogP contribution is -2.28. The van der Waals surface area contributed by atoms with Gasteiger partial charge in [0.05, 0.1) is 25.2 Å². The predicted molar refractivity (Wildman–Crippen MR) is 97.9 cm³/mol. The molecule has 4 rings (SSSR count). The fourth-order valence-electron chi connectivity index (χ4n) is 4.27. The Hall–Kier alpha value is -3.16. The number of nitrogens with zero attached hydrogens (tertiary/aromatic N) is 2. The number of carboxylic acid groups (broad SMARTS) is 1. The first-order valence-corrected chi connectivity index (χ1v) is 9.09. The average molecular weight is 384 g/mol. The summed E-state index contributed by atoms with van der Waals surface area (Å²) in [7, 11) is 1.44. The zero-order valence-electron chi connectivity index (χ0n) is 15.4. The normalized spacial score (nSPS) is 28.9. The number of hydrogen-bond donors (Lipinski definition) is 1. The molecule has 1 aromatic rings. The van der Waals surface area contributed by atoms with Crippen LogP contribution in [-0.4, -0.2) is 47.3 Å². The summed E-state index contributed by atoms with van der Waals surface area (Å²) < 4.78 is 10.7. The van der Waals surface area contributed by atoms with Gasteiger partial charge in [-0.15, -0.1) is 0 Å². The lowest BCUT2D eigenvalue weighted by atomic mass is 9.85. The molecule has 1 heterocycles. The molecule has 0 spiro atoms. The smallest absolute Gasteiger partial charge is 0.344 e. The maximum atomic E-state index is 12.7. The van der Waals surface area contributed by atoms with Gasteiger partial charge in [0.25, 0.3) is 11.8 Å². The first kappa shape index (κ1) is 18.2. The highest BCUT2D eigenvalue weighted by Gasteiger charge is 2.59. The number of benzene rings is 1. The van der Waals surface area contributed by atoms with Crippen molar-refractivity contribution in [3.05, 3.63) is 35.9 Å². The highest BCUT2D eigenvalue weighted by atomic mass is 16.5. The molecule has 0 aromatic heterocycles. The van der Waals surface area contributed by atoms with Gasteiger partial charge in [-0.25, -0.2) is 4.79 Å². The van der Waals surface area contributed by atoms with Crippen LogP contribution in [0.3, 0.4) is 0 Å². The lowest BCUT2D eigenvalue weighted by Gasteiger charge is -2.16. The number of amides is 2. The molecule has 5 atom stereocenters. The monoisotopic (exact) mass is 384 g/mol. The van der Waals surface area contributed by atoms with Gasteiger partial charge in [0, 0.05) is 5.56 Å². The van der Waals surface area contributed by atoms with Crippen LogP contribution in [0.1, 0.15) is 18.9 Å². The van der Waals surface area contributed by atoms with E-state index in [1.54, 1.807) is 18.2 Å². The Morgan fingerprint density at radius 1 is 1.25 bits per heavy atom. The molecule has 28 heavy (non-hydrogen) atoms. The van der Waals surface area contributed by atoms with Crippen LogP contribution in [-0.2, 0) is 14.4 Å². The number of methoxy groups -OCH3 is 1. The van der Waals surface area contributed by atoms with E-state index in [1.807, 2.05) is 12.2 Å². The highest BCUT2D eigenvalue weighted by Crippen LogP contribution is 2.52. The van der Waals surface area contributed by atoms with E-state index in [0.717, 1.165) is 11.4 Å². The largest absolute Gasteiger partial charge is 0.493 e. The zero-order chi connectivity index (χ0) is 20.0. The molecule has 2 aliphatic carbocycles. The Labute approximate surface area is 161 Å². The van der Waals surface area contributed by atoms with Gasteiger partial charge in [0.2, 0.25) is 0 Å². The van der Waals surface area contributed by atoms with Crippen molar-refractivity contribution in [2.75, 3.05) is 7.11 Å². The molecule has 2 amide bonds. The van der Waals surface area contributed by atoms with Crippen molar-refractivity contribution in [1.82, 2.24) is 5.01 Å². The third-order valence-electron chi connectivity index (χ3n) is 5.63. The highest BCUT2D eigenvalue weighted by molar-refractivity contribution is 6.07. The van der Waals surface area contributed by atoms with Crippen LogP contribution < -0.4 is 9.47 Å². The summed E-state index contributed by atoms with van der Waals surface area (Å²) in [6, 6.07) is 4.96. The van der Waals surface area contributed by atoms with Crippen molar-refractivity contribution < 1.29 is 29.0 Å². The molecular weight excluding hydrogens is 364 g/mol. The Balaban J connectivity index is 1.61. The van der Waals surface area contributed by atoms with Crippen LogP contribution in [0.25, 0.3) is 0 Å². The van der Waals surface area contributed by atoms with Crippen LogP contribution in [0.15, 0.2) is 35.5 Å². The second-order valence-corrected chi connectivity index (χ2v) is 7.21. The number of carbonyl (C=O) groups is 3. The van der Waals surface area contributed by atoms with Crippen molar-refractivity contribution in [3.8, 4) is 11.5 Å². The maximum Gasteiger partial charge on any atom is 0.344 e. The fourth-order valence-corrected chi connectivity index (χ4v) is 4.27. The SMILES string of the molecule is COc1cccc(C=NN2C(=O)C3C4C=CC(C4)C3C2=O)c1OC(C)C(=O)O. The molecule has 5 unspecified atom stereocenters. The van der Waals surface area contributed by atoms with Crippen molar-refractivity contribution in [2.24, 2.45) is 28.8 Å². The summed E-state index contributed by atoms with van der Waals surface area (Å²) in [5.41, 5.74) is 0.409. The third kappa shape index (κ3) is 2.76. The van der Waals surface area contributed by atoms with Crippen molar-refractivity contribution in [1.29, 1.82) is 0 Å². The Morgan fingerprint density at radius 2 is 1.89 bits per heavy atom. The summed E-state index contributed by atoms with van der Waals surface area (Å²) in [4.78, 5) is 36.6. The molecule has 2 fully saturated rings. The molecule has 8 heteroatoms. The summed E-state index contributed by atoms with van der Waals surface area (Å²) in [5.74, 6) is -1.62. The molecule has 146 valence electrons. The van der Waals surface area contributed by atoms with Gasteiger partial charge >= 0.3 is 5.97 Å². The fraction of sp³-hybridized carbons (Fsp3) is 0.400. The van der Waals surface area contributed by atoms with E-state index < -0.39 is 12.1 Å². The lowest BCUT2D eigenvalue weighted by molar-refractivity contribution is -0.144. The zero-order valence-corrected chi connectivity index (χ0v) is 15.4. The first-order valence-electron chi connectivity index (χ1n) is 9.09. The van der Waals surface area contributed by atoms with Gasteiger partial charge in [0.1, 0.15) is 0 Å². The second kappa shape index (κ2) is 6.78. The van der Waals surface area contributed by atoms with Crippen molar-refractivity contribution >= 4 is 24.0 Å². The number of para-hydroxylation sites is 1. The summed E-state index contributed by atoms with van der Waals surface area (Å²) in [6.07, 6.45) is 5.11. The van der Waals surface area contributed by atoms with Gasteiger partial charge in [0.15, 0.2) is 17.6 Å². The molecule has 1 saturated heterocycles. The quantitative estimate of drug-likeness (QED) is 0.455. The number of hydrazone groups is 1. The molecule has 8 nitrogen and oxygen atoms in total. The van der Waals surface area contributed by atoms with Crippen LogP contribution in [0.4, 0.5) is 0 Å². The number of carbonyl (C=O) groups excluding carboxylic acids is 2. The number of fused-ring (bicyclic) bond motifs is 5. The van der Waals surface area contributed by atoms with E-state index in [0.29, 0.717) is 11.3 Å². The minimum Gasteiger partial charge on any atom is -0.493 e. The second-order valence-electron chi connectivity index (χ2n) is 7.21. The molecule has 3 aliphatic rings. The summed E-state index contributed by atoms with van der Waals surface area (Å²) >= 11 is 0. The number of hydrogen-bond acceptors (Lipinski definition) is 6. The van der Waals surface area contributed by atoms with Gasteiger partial charge in [-0.1, -0.05) is 18.2 Å². The van der Waals surface area contributed by atoms with E-state index in [1.165, 1.54) is 20.2 Å². The van der Waals surface area contributed by atoms with E-state index in [4.69, 9.17) is 14.6 Å². The summed E-state index contributed by atoms with van der Waals surface area (Å²) in [6.45, 7) is 1.40. The van der Waals surface area contributed by atoms with Gasteiger partial charge in [-0.05, 0) is 37.3 Å². The Morgan fingerprint density at radius 3 is 2.46 bits per heavy atom. The van der Waals surface area contributed by atoms with Crippen LogP contribution in [0.2, 0.25) is 0 Å². The number of imide groups is 1. The number of allylic oxidation sites excluding steroid dienone is 2. The Kier molecular flexibility index (Phi) is 4.41. The minimum absolute atomic E-state index is 0.110. The maximum absolute atomic E-state index is 12.7. The first-order chi connectivity index (χ1) is 13.4. The molecule has 1 aliphatic heterocycles. The van der Waals surface area contributed by atoms with Crippen LogP contribution in [0, 0.1) is 23.7 Å². The molecule has 0 radical (unpaired) electrons. The van der Waals surface area contributed by atoms with E-state index in [-0.39, 0.29) is 41.2 Å². The van der Waals surface area contributed by atoms with Crippen molar-refractivity contribution in [2.45, 2.75) is 19.4 Å². The number of ether oxygens (including phenoxy) is 2. The van der Waals surface area contributed by atoms with E-state index in [2.05, 4.69) is 5.10 Å². The van der Waals surface area contributed by atoms with E-state index >= 15 is 0 Å². The number of rotatable bonds is 6. The molecule has 2 bridgehead atoms. The van der Waals surface area contributed by atoms with Crippen LogP contribution >= 0.6 is 0 Å². The topological polar surface area (TPSA) is 106 Å². The van der Waals surface area contributed by atoms with Gasteiger partial charge in [-0.2, -0.15) is 10.1 Å². The minimum atomic E-state index is -1.13. The Bertz CT molecular complexity index is 878. The van der Waals surface area contributed by atoms with Gasteiger partial charge < -0.3 is 14.6 Å². The van der Waals surface area contributed by atoms with Crippen molar-refractivity contribution in [3.63, 3.8) is 0 Å². The molecule has 1 aromatic carbocycles. The average Bonchev–Trinajstić information content (AvgIpc) is 3.35. The summed E-state index contributed by atoms with van der Waals surface area (Å²) in [5, 5.41) is 14.2. The molecule has 1 saturated carbocycles. The standard InChI is InChI=1S/C20H20N2O6/c1-10(20(25)26)28-17-13(4-3-5-14(17)27-2)9-21-22-18(23)15-11-6-7-12(8-11)16(15)19(22)24/h3-7,9-12,15-16H,8H2,1-2H3,(H,25,26). The third-order valence-corrected chi connectivity index (χ3v) is 5.63. The molecular formula is C20H20N2O6. The van der Waals surface area contributed by atoms with Crippen LogP contribution in [0.5, 0.6) is 11.5 Å². The number of carboxylic acids is 1. The van der Waals surface area contributed by atoms with Gasteiger partial charge in [-0.3, -0.25) is 9.59 Å². The predicted octanol–water partition coefficient (Wildman–Crippen LogP) is 1.69. The van der Waals surface area contributed by atoms with E-state index in [9.17, 15) is 14.4 Å². The molecule has 1 N–H and O–H groups in total. The number of aliphatic carboxylic acids is 1.